The molecular formula is C14H21ClN2OS. The third-order valence-electron chi connectivity index (χ3n) is 2.77. The number of carbonyl (C=O) groups excluding carboxylic acids is 1. The molecule has 1 atom stereocenters. The smallest absolute Gasteiger partial charge is 0.234 e. The second-order valence-electron chi connectivity index (χ2n) is 4.69. The monoisotopic (exact) mass is 300 g/mol. The lowest BCUT2D eigenvalue weighted by Crippen LogP contribution is -2.17. The van der Waals surface area contributed by atoms with E-state index in [0.29, 0.717) is 28.3 Å². The van der Waals surface area contributed by atoms with E-state index in [-0.39, 0.29) is 5.91 Å². The van der Waals surface area contributed by atoms with E-state index >= 15 is 0 Å². The zero-order valence-electron chi connectivity index (χ0n) is 11.6. The molecule has 0 radical (unpaired) electrons. The molecule has 3 N–H and O–H groups in total. The molecule has 1 aromatic carbocycles. The van der Waals surface area contributed by atoms with E-state index in [1.165, 1.54) is 0 Å². The van der Waals surface area contributed by atoms with E-state index < -0.39 is 0 Å². The molecule has 19 heavy (non-hydrogen) atoms. The number of nitrogens with one attached hydrogen (secondary N) is 1. The highest BCUT2D eigenvalue weighted by Crippen LogP contribution is 2.27. The highest BCUT2D eigenvalue weighted by atomic mass is 35.5. The topological polar surface area (TPSA) is 55.1 Å². The minimum Gasteiger partial charge on any atom is -0.330 e. The fourth-order valence-electron chi connectivity index (χ4n) is 1.79. The van der Waals surface area contributed by atoms with Gasteiger partial charge in [0.15, 0.2) is 0 Å². The molecule has 1 rings (SSSR count). The molecule has 0 aromatic heterocycles. The number of hydrogen-bond acceptors (Lipinski definition) is 3. The first kappa shape index (κ1) is 16.3. The molecule has 0 saturated heterocycles. The van der Waals surface area contributed by atoms with Crippen molar-refractivity contribution in [1.29, 1.82) is 0 Å². The van der Waals surface area contributed by atoms with Gasteiger partial charge in [-0.1, -0.05) is 24.6 Å². The number of amides is 1. The van der Waals surface area contributed by atoms with Crippen LogP contribution in [0.25, 0.3) is 0 Å². The summed E-state index contributed by atoms with van der Waals surface area (Å²) in [6.45, 7) is 6.65. The third-order valence-corrected chi connectivity index (χ3v) is 4.30. The van der Waals surface area contributed by atoms with Crippen LogP contribution in [0.2, 0.25) is 5.02 Å². The van der Waals surface area contributed by atoms with Crippen LogP contribution >= 0.6 is 23.4 Å². The first-order valence-electron chi connectivity index (χ1n) is 6.32. The SMILES string of the molecule is Cc1cc(C)c(NC(=O)CSC(C)CCN)c(Cl)c1. The van der Waals surface area contributed by atoms with Crippen LogP contribution in [0.5, 0.6) is 0 Å². The largest absolute Gasteiger partial charge is 0.330 e. The average molecular weight is 301 g/mol. The molecule has 0 heterocycles. The summed E-state index contributed by atoms with van der Waals surface area (Å²) < 4.78 is 0. The molecule has 106 valence electrons. The summed E-state index contributed by atoms with van der Waals surface area (Å²) in [5.74, 6) is 0.396. The van der Waals surface area contributed by atoms with Gasteiger partial charge in [0.1, 0.15) is 0 Å². The molecule has 1 unspecified atom stereocenters. The Morgan fingerprint density at radius 1 is 1.47 bits per heavy atom. The van der Waals surface area contributed by atoms with E-state index in [1.54, 1.807) is 11.8 Å². The molecule has 3 nitrogen and oxygen atoms in total. The fourth-order valence-corrected chi connectivity index (χ4v) is 2.96. The Hall–Kier alpha value is -0.710. The van der Waals surface area contributed by atoms with Crippen molar-refractivity contribution >= 4 is 35.0 Å². The molecule has 0 fully saturated rings. The Bertz CT molecular complexity index is 428. The second kappa shape index (κ2) is 7.78. The second-order valence-corrected chi connectivity index (χ2v) is 6.52. The van der Waals surface area contributed by atoms with Gasteiger partial charge in [-0.15, -0.1) is 11.8 Å². The van der Waals surface area contributed by atoms with Gasteiger partial charge in [0.2, 0.25) is 5.91 Å². The van der Waals surface area contributed by atoms with Crippen molar-refractivity contribution in [3.63, 3.8) is 0 Å². The molecule has 0 saturated carbocycles. The maximum absolute atomic E-state index is 11.9. The number of benzene rings is 1. The normalized spacial score (nSPS) is 12.3. The van der Waals surface area contributed by atoms with E-state index in [2.05, 4.69) is 12.2 Å². The van der Waals surface area contributed by atoms with E-state index in [4.69, 9.17) is 17.3 Å². The predicted octanol–water partition coefficient (Wildman–Crippen LogP) is 3.37. The zero-order valence-corrected chi connectivity index (χ0v) is 13.2. The van der Waals surface area contributed by atoms with Crippen LogP contribution in [0, 0.1) is 13.8 Å². The van der Waals surface area contributed by atoms with Gasteiger partial charge in [-0.05, 0) is 44.0 Å². The van der Waals surface area contributed by atoms with Crippen LogP contribution < -0.4 is 11.1 Å². The number of rotatable bonds is 6. The van der Waals surface area contributed by atoms with E-state index in [0.717, 1.165) is 17.5 Å². The number of aryl methyl sites for hydroxylation is 2. The van der Waals surface area contributed by atoms with E-state index in [9.17, 15) is 4.79 Å². The van der Waals surface area contributed by atoms with Crippen LogP contribution in [0.1, 0.15) is 24.5 Å². The Morgan fingerprint density at radius 2 is 2.16 bits per heavy atom. The van der Waals surface area contributed by atoms with Gasteiger partial charge in [0.25, 0.3) is 0 Å². The summed E-state index contributed by atoms with van der Waals surface area (Å²) in [5, 5.41) is 3.86. The Balaban J connectivity index is 2.58. The van der Waals surface area contributed by atoms with Gasteiger partial charge in [0.05, 0.1) is 16.5 Å². The zero-order chi connectivity index (χ0) is 14.4. The molecular weight excluding hydrogens is 280 g/mol. The molecule has 1 amide bonds. The Morgan fingerprint density at radius 3 is 2.74 bits per heavy atom. The molecule has 0 bridgehead atoms. The highest BCUT2D eigenvalue weighted by Gasteiger charge is 2.11. The van der Waals surface area contributed by atoms with Crippen molar-refractivity contribution < 1.29 is 4.79 Å². The van der Waals surface area contributed by atoms with Gasteiger partial charge in [-0.25, -0.2) is 0 Å². The summed E-state index contributed by atoms with van der Waals surface area (Å²) >= 11 is 7.76. The van der Waals surface area contributed by atoms with Crippen LogP contribution in [0.4, 0.5) is 5.69 Å². The number of halogens is 1. The van der Waals surface area contributed by atoms with Gasteiger partial charge < -0.3 is 11.1 Å². The average Bonchev–Trinajstić information content (AvgIpc) is 2.31. The maximum atomic E-state index is 11.9. The predicted molar refractivity (Wildman–Crippen MR) is 85.1 cm³/mol. The Labute approximate surface area is 124 Å². The van der Waals surface area contributed by atoms with Crippen molar-refractivity contribution in [2.75, 3.05) is 17.6 Å². The number of hydrogen-bond donors (Lipinski definition) is 2. The molecule has 0 spiro atoms. The standard InChI is InChI=1S/C14H21ClN2OS/c1-9-6-10(2)14(12(15)7-9)17-13(18)8-19-11(3)4-5-16/h6-7,11H,4-5,8,16H2,1-3H3,(H,17,18). The molecule has 0 aliphatic carbocycles. The lowest BCUT2D eigenvalue weighted by Gasteiger charge is -2.13. The third kappa shape index (κ3) is 5.43. The number of nitrogens with two attached hydrogens (primary N) is 1. The minimum atomic E-state index is -0.0253. The Kier molecular flexibility index (Phi) is 6.69. The van der Waals surface area contributed by atoms with Gasteiger partial charge >= 0.3 is 0 Å². The quantitative estimate of drug-likeness (QED) is 0.847. The summed E-state index contributed by atoms with van der Waals surface area (Å²) in [5.41, 5.74) is 8.27. The summed E-state index contributed by atoms with van der Waals surface area (Å²) in [6, 6.07) is 3.86. The van der Waals surface area contributed by atoms with Crippen molar-refractivity contribution in [2.24, 2.45) is 5.73 Å². The van der Waals surface area contributed by atoms with Crippen molar-refractivity contribution in [1.82, 2.24) is 0 Å². The van der Waals surface area contributed by atoms with Crippen LogP contribution in [0.15, 0.2) is 12.1 Å². The summed E-state index contributed by atoms with van der Waals surface area (Å²) in [6.07, 6.45) is 0.919. The summed E-state index contributed by atoms with van der Waals surface area (Å²) in [7, 11) is 0. The van der Waals surface area contributed by atoms with Crippen molar-refractivity contribution in [3.8, 4) is 0 Å². The first-order valence-corrected chi connectivity index (χ1v) is 7.75. The minimum absolute atomic E-state index is 0.0253. The van der Waals surface area contributed by atoms with Gasteiger partial charge in [-0.3, -0.25) is 4.79 Å². The number of carbonyl (C=O) groups is 1. The molecule has 1 aromatic rings. The van der Waals surface area contributed by atoms with Crippen LogP contribution in [-0.2, 0) is 4.79 Å². The lowest BCUT2D eigenvalue weighted by atomic mass is 10.1. The molecule has 0 aliphatic heterocycles. The fraction of sp³-hybridized carbons (Fsp3) is 0.500. The maximum Gasteiger partial charge on any atom is 0.234 e. The van der Waals surface area contributed by atoms with Crippen LogP contribution in [0.3, 0.4) is 0 Å². The molecule has 0 aliphatic rings. The number of anilines is 1. The first-order chi connectivity index (χ1) is 8.93. The van der Waals surface area contributed by atoms with Crippen LogP contribution in [-0.4, -0.2) is 23.5 Å². The van der Waals surface area contributed by atoms with Crippen molar-refractivity contribution in [2.45, 2.75) is 32.4 Å². The highest BCUT2D eigenvalue weighted by molar-refractivity contribution is 8.00. The van der Waals surface area contributed by atoms with Gasteiger partial charge in [0, 0.05) is 5.25 Å². The number of thioether (sulfide) groups is 1. The summed E-state index contributed by atoms with van der Waals surface area (Å²) in [4.78, 5) is 11.9. The van der Waals surface area contributed by atoms with Crippen molar-refractivity contribution in [3.05, 3.63) is 28.3 Å². The molecule has 5 heteroatoms. The lowest BCUT2D eigenvalue weighted by molar-refractivity contribution is -0.113. The van der Waals surface area contributed by atoms with Gasteiger partial charge in [-0.2, -0.15) is 0 Å². The van der Waals surface area contributed by atoms with E-state index in [1.807, 2.05) is 26.0 Å².